The highest BCUT2D eigenvalue weighted by Gasteiger charge is 2.30. The second kappa shape index (κ2) is 5.68. The molecule has 3 rings (SSSR count). The number of anilines is 1. The number of aromatic hydroxyl groups is 1. The van der Waals surface area contributed by atoms with Gasteiger partial charge in [0, 0.05) is 12.7 Å². The summed E-state index contributed by atoms with van der Waals surface area (Å²) in [6, 6.07) is 11.0. The molecule has 0 fully saturated rings. The number of hydrogen-bond acceptors (Lipinski definition) is 4. The van der Waals surface area contributed by atoms with E-state index in [4.69, 9.17) is 4.74 Å². The summed E-state index contributed by atoms with van der Waals surface area (Å²) in [5, 5.41) is 13.3. The zero-order chi connectivity index (χ0) is 15.9. The molecule has 1 atom stereocenters. The van der Waals surface area contributed by atoms with E-state index in [1.54, 1.807) is 24.1 Å². The lowest BCUT2D eigenvalue weighted by molar-refractivity contribution is 0.0735. The fourth-order valence-corrected chi connectivity index (χ4v) is 3.19. The zero-order valence-electron chi connectivity index (χ0n) is 12.1. The number of carbonyl (C=O) groups excluding carboxylic acids is 1. The van der Waals surface area contributed by atoms with Crippen LogP contribution < -0.4 is 10.1 Å². The van der Waals surface area contributed by atoms with Crippen LogP contribution in [0, 0.1) is 3.57 Å². The quantitative estimate of drug-likeness (QED) is 0.747. The molecule has 0 saturated carbocycles. The van der Waals surface area contributed by atoms with Gasteiger partial charge in [0.25, 0.3) is 5.91 Å². The van der Waals surface area contributed by atoms with E-state index in [2.05, 4.69) is 5.32 Å². The van der Waals surface area contributed by atoms with Crippen LogP contribution in [-0.2, 0) is 0 Å². The van der Waals surface area contributed by atoms with Crippen LogP contribution in [0.3, 0.4) is 0 Å². The predicted molar refractivity (Wildman–Crippen MR) is 92.3 cm³/mol. The van der Waals surface area contributed by atoms with E-state index in [0.717, 1.165) is 11.3 Å². The summed E-state index contributed by atoms with van der Waals surface area (Å²) >= 11 is 2.05. The molecule has 22 heavy (non-hydrogen) atoms. The smallest absolute Gasteiger partial charge is 0.257 e. The van der Waals surface area contributed by atoms with Crippen LogP contribution in [0.25, 0.3) is 0 Å². The molecule has 1 heterocycles. The predicted octanol–water partition coefficient (Wildman–Crippen LogP) is 3.20. The SMILES string of the molecule is COc1cc([C@@H]2Nc3ccccc3C(=O)N2C)cc(I)c1O. The molecule has 0 radical (unpaired) electrons. The standard InChI is InChI=1S/C16H15IN2O3/c1-19-15(9-7-11(17)14(20)13(8-9)22-2)18-12-6-4-3-5-10(12)16(19)21/h3-8,15,18,20H,1-2H3/t15-/m1/s1. The first-order valence-corrected chi connectivity index (χ1v) is 7.80. The van der Waals surface area contributed by atoms with Crippen molar-refractivity contribution in [2.45, 2.75) is 6.17 Å². The van der Waals surface area contributed by atoms with E-state index in [9.17, 15) is 9.90 Å². The van der Waals surface area contributed by atoms with Crippen molar-refractivity contribution in [3.63, 3.8) is 0 Å². The Balaban J connectivity index is 2.06. The maximum atomic E-state index is 12.5. The molecule has 0 aliphatic carbocycles. The van der Waals surface area contributed by atoms with Crippen molar-refractivity contribution in [3.05, 3.63) is 51.1 Å². The van der Waals surface area contributed by atoms with E-state index < -0.39 is 0 Å². The van der Waals surface area contributed by atoms with Crippen molar-refractivity contribution in [2.75, 3.05) is 19.5 Å². The summed E-state index contributed by atoms with van der Waals surface area (Å²) in [7, 11) is 3.26. The minimum atomic E-state index is -0.314. The fraction of sp³-hybridized carbons (Fsp3) is 0.188. The molecule has 1 aliphatic heterocycles. The Labute approximate surface area is 142 Å². The molecule has 0 spiro atoms. The van der Waals surface area contributed by atoms with Gasteiger partial charge in [-0.05, 0) is 52.4 Å². The largest absolute Gasteiger partial charge is 0.504 e. The summed E-state index contributed by atoms with van der Waals surface area (Å²) in [6.45, 7) is 0. The molecule has 0 saturated heterocycles. The highest BCUT2D eigenvalue weighted by molar-refractivity contribution is 14.1. The Morgan fingerprint density at radius 1 is 1.32 bits per heavy atom. The normalized spacial score (nSPS) is 17.0. The number of nitrogens with zero attached hydrogens (tertiary/aromatic N) is 1. The number of para-hydroxylation sites is 1. The number of methoxy groups -OCH3 is 1. The average molecular weight is 410 g/mol. The summed E-state index contributed by atoms with van der Waals surface area (Å²) in [6.07, 6.45) is -0.314. The Morgan fingerprint density at radius 3 is 2.77 bits per heavy atom. The van der Waals surface area contributed by atoms with Gasteiger partial charge in [-0.1, -0.05) is 12.1 Å². The number of nitrogens with one attached hydrogen (secondary N) is 1. The molecule has 2 N–H and O–H groups in total. The van der Waals surface area contributed by atoms with Crippen LogP contribution in [0.15, 0.2) is 36.4 Å². The van der Waals surface area contributed by atoms with E-state index in [1.807, 2.05) is 46.9 Å². The van der Waals surface area contributed by atoms with Crippen LogP contribution in [0.2, 0.25) is 0 Å². The average Bonchev–Trinajstić information content (AvgIpc) is 2.53. The van der Waals surface area contributed by atoms with Gasteiger partial charge >= 0.3 is 0 Å². The Kier molecular flexibility index (Phi) is 3.86. The minimum absolute atomic E-state index is 0.0404. The van der Waals surface area contributed by atoms with E-state index in [1.165, 1.54) is 7.11 Å². The van der Waals surface area contributed by atoms with Gasteiger partial charge in [-0.25, -0.2) is 0 Å². The summed E-state index contributed by atoms with van der Waals surface area (Å²) < 4.78 is 5.88. The number of phenolic OH excluding ortho intramolecular Hbond substituents is 1. The molecule has 6 heteroatoms. The number of rotatable bonds is 2. The van der Waals surface area contributed by atoms with Gasteiger partial charge in [0.15, 0.2) is 11.5 Å². The van der Waals surface area contributed by atoms with Crippen molar-refractivity contribution in [1.82, 2.24) is 4.90 Å². The monoisotopic (exact) mass is 410 g/mol. The summed E-state index contributed by atoms with van der Waals surface area (Å²) in [5.74, 6) is 0.460. The number of hydrogen-bond donors (Lipinski definition) is 2. The molecule has 0 unspecified atom stereocenters. The lowest BCUT2D eigenvalue weighted by Gasteiger charge is -2.35. The maximum Gasteiger partial charge on any atom is 0.257 e. The summed E-state index contributed by atoms with van der Waals surface area (Å²) in [5.41, 5.74) is 2.31. The molecular formula is C16H15IN2O3. The summed E-state index contributed by atoms with van der Waals surface area (Å²) in [4.78, 5) is 14.2. The highest BCUT2D eigenvalue weighted by atomic mass is 127. The fourth-order valence-electron chi connectivity index (χ4n) is 2.56. The van der Waals surface area contributed by atoms with E-state index in [-0.39, 0.29) is 17.8 Å². The van der Waals surface area contributed by atoms with Crippen molar-refractivity contribution < 1.29 is 14.6 Å². The minimum Gasteiger partial charge on any atom is -0.504 e. The molecule has 1 aliphatic rings. The first kappa shape index (κ1) is 15.0. The molecular weight excluding hydrogens is 395 g/mol. The number of phenols is 1. The Hall–Kier alpha value is -1.96. The van der Waals surface area contributed by atoms with Gasteiger partial charge < -0.3 is 20.1 Å². The zero-order valence-corrected chi connectivity index (χ0v) is 14.3. The van der Waals surface area contributed by atoms with Gasteiger partial charge in [-0.15, -0.1) is 0 Å². The molecule has 0 bridgehead atoms. The van der Waals surface area contributed by atoms with Crippen molar-refractivity contribution in [3.8, 4) is 11.5 Å². The Bertz CT molecular complexity index is 748. The second-order valence-electron chi connectivity index (χ2n) is 5.06. The molecule has 5 nitrogen and oxygen atoms in total. The molecule has 2 aromatic carbocycles. The number of fused-ring (bicyclic) bond motifs is 1. The van der Waals surface area contributed by atoms with Crippen LogP contribution >= 0.6 is 22.6 Å². The molecule has 114 valence electrons. The van der Waals surface area contributed by atoms with E-state index >= 15 is 0 Å². The van der Waals surface area contributed by atoms with Gasteiger partial charge in [-0.3, -0.25) is 4.79 Å². The van der Waals surface area contributed by atoms with Crippen LogP contribution in [-0.4, -0.2) is 30.1 Å². The number of halogens is 1. The number of amides is 1. The maximum absolute atomic E-state index is 12.5. The molecule has 1 amide bonds. The lowest BCUT2D eigenvalue weighted by Crippen LogP contribution is -2.40. The second-order valence-corrected chi connectivity index (χ2v) is 6.22. The van der Waals surface area contributed by atoms with Crippen LogP contribution in [0.1, 0.15) is 22.1 Å². The van der Waals surface area contributed by atoms with Crippen molar-refractivity contribution in [2.24, 2.45) is 0 Å². The van der Waals surface area contributed by atoms with Crippen molar-refractivity contribution in [1.29, 1.82) is 0 Å². The first-order chi connectivity index (χ1) is 10.5. The van der Waals surface area contributed by atoms with Gasteiger partial charge in [0.2, 0.25) is 0 Å². The Morgan fingerprint density at radius 2 is 2.05 bits per heavy atom. The molecule has 2 aromatic rings. The third-order valence-electron chi connectivity index (χ3n) is 3.74. The highest BCUT2D eigenvalue weighted by Crippen LogP contribution is 2.38. The van der Waals surface area contributed by atoms with Crippen LogP contribution in [0.4, 0.5) is 5.69 Å². The third kappa shape index (κ3) is 2.37. The number of benzene rings is 2. The molecule has 0 aromatic heterocycles. The number of carbonyl (C=O) groups is 1. The van der Waals surface area contributed by atoms with Gasteiger partial charge in [-0.2, -0.15) is 0 Å². The lowest BCUT2D eigenvalue weighted by atomic mass is 10.0. The first-order valence-electron chi connectivity index (χ1n) is 6.72. The van der Waals surface area contributed by atoms with E-state index in [0.29, 0.717) is 14.9 Å². The third-order valence-corrected chi connectivity index (χ3v) is 4.57. The topological polar surface area (TPSA) is 61.8 Å². The van der Waals surface area contributed by atoms with Gasteiger partial charge in [0.05, 0.1) is 16.2 Å². The van der Waals surface area contributed by atoms with Crippen LogP contribution in [0.5, 0.6) is 11.5 Å². The van der Waals surface area contributed by atoms with Gasteiger partial charge in [0.1, 0.15) is 6.17 Å². The van der Waals surface area contributed by atoms with Crippen molar-refractivity contribution >= 4 is 34.2 Å². The number of ether oxygens (including phenoxy) is 1.